The fraction of sp³-hybridized carbons (Fsp3) is 0.846. The zero-order chi connectivity index (χ0) is 13.9. The average Bonchev–Trinajstić information content (AvgIpc) is 3.03. The molecule has 0 spiro atoms. The van der Waals surface area contributed by atoms with Crippen LogP contribution in [0.25, 0.3) is 0 Å². The number of hydrogen-bond donors (Lipinski definition) is 3. The summed E-state index contributed by atoms with van der Waals surface area (Å²) in [6.45, 7) is 0.195. The maximum atomic E-state index is 12.2. The number of aliphatic hydroxyl groups excluding tert-OH is 1. The van der Waals surface area contributed by atoms with Crippen LogP contribution in [0.4, 0.5) is 0 Å². The van der Waals surface area contributed by atoms with E-state index in [-0.39, 0.29) is 30.8 Å². The minimum atomic E-state index is -0.405. The molecular formula is C13H22N4O2. The number of nitrogens with one attached hydrogen (secondary N) is 1. The van der Waals surface area contributed by atoms with E-state index in [1.165, 1.54) is 4.90 Å². The van der Waals surface area contributed by atoms with Gasteiger partial charge in [0.25, 0.3) is 0 Å². The third kappa shape index (κ3) is 2.89. The molecule has 2 rings (SSSR count). The molecule has 4 N–H and O–H groups in total. The molecule has 0 radical (unpaired) electrons. The molecule has 0 aromatic heterocycles. The number of likely N-dealkylation sites (tertiary alicyclic amines) is 1. The Balaban J connectivity index is 1.92. The van der Waals surface area contributed by atoms with Gasteiger partial charge in [-0.2, -0.15) is 5.26 Å². The van der Waals surface area contributed by atoms with Crippen LogP contribution in [0.2, 0.25) is 0 Å². The predicted octanol–water partition coefficient (Wildman–Crippen LogP) is -0.320. The maximum absolute atomic E-state index is 12.2. The molecule has 0 aromatic carbocycles. The van der Waals surface area contributed by atoms with Crippen molar-refractivity contribution in [1.82, 2.24) is 10.2 Å². The smallest absolute Gasteiger partial charge is 0.238 e. The molecule has 19 heavy (non-hydrogen) atoms. The zero-order valence-electron chi connectivity index (χ0n) is 11.1. The average molecular weight is 266 g/mol. The van der Waals surface area contributed by atoms with Crippen molar-refractivity contribution in [3.63, 3.8) is 0 Å². The highest BCUT2D eigenvalue weighted by Crippen LogP contribution is 2.29. The van der Waals surface area contributed by atoms with Gasteiger partial charge in [0, 0.05) is 5.54 Å². The second-order valence-corrected chi connectivity index (χ2v) is 5.59. The van der Waals surface area contributed by atoms with Gasteiger partial charge < -0.3 is 21.1 Å². The Morgan fingerprint density at radius 2 is 2.16 bits per heavy atom. The van der Waals surface area contributed by atoms with Gasteiger partial charge in [-0.25, -0.2) is 0 Å². The first kappa shape index (κ1) is 14.3. The molecule has 106 valence electrons. The summed E-state index contributed by atoms with van der Waals surface area (Å²) in [5.74, 6) is -0.142. The van der Waals surface area contributed by atoms with Gasteiger partial charge in [0.1, 0.15) is 6.04 Å². The van der Waals surface area contributed by atoms with Crippen LogP contribution >= 0.6 is 0 Å². The van der Waals surface area contributed by atoms with Crippen molar-refractivity contribution >= 4 is 5.91 Å². The van der Waals surface area contributed by atoms with Gasteiger partial charge >= 0.3 is 0 Å². The molecule has 1 unspecified atom stereocenters. The van der Waals surface area contributed by atoms with E-state index in [4.69, 9.17) is 11.0 Å². The minimum Gasteiger partial charge on any atom is -0.394 e. The Hall–Kier alpha value is -1.16. The van der Waals surface area contributed by atoms with E-state index in [1.807, 2.05) is 0 Å². The van der Waals surface area contributed by atoms with Crippen LogP contribution in [-0.4, -0.2) is 46.8 Å². The second kappa shape index (κ2) is 5.87. The number of rotatable bonds is 4. The number of amides is 1. The van der Waals surface area contributed by atoms with E-state index in [2.05, 4.69) is 11.4 Å². The lowest BCUT2D eigenvalue weighted by atomic mass is 9.99. The predicted molar refractivity (Wildman–Crippen MR) is 69.7 cm³/mol. The van der Waals surface area contributed by atoms with E-state index >= 15 is 0 Å². The van der Waals surface area contributed by atoms with Crippen LogP contribution in [0.1, 0.15) is 38.5 Å². The summed E-state index contributed by atoms with van der Waals surface area (Å²) in [5.41, 5.74) is 5.55. The molecule has 1 amide bonds. The highest BCUT2D eigenvalue weighted by Gasteiger charge is 2.37. The van der Waals surface area contributed by atoms with E-state index in [1.54, 1.807) is 0 Å². The van der Waals surface area contributed by atoms with Crippen molar-refractivity contribution in [1.29, 1.82) is 5.26 Å². The van der Waals surface area contributed by atoms with Crippen LogP contribution in [0, 0.1) is 11.3 Å². The molecule has 1 saturated carbocycles. The fourth-order valence-corrected chi connectivity index (χ4v) is 3.12. The van der Waals surface area contributed by atoms with Crippen molar-refractivity contribution in [3.05, 3.63) is 0 Å². The number of carbonyl (C=O) groups is 1. The molecule has 2 atom stereocenters. The van der Waals surface area contributed by atoms with Crippen LogP contribution in [0.15, 0.2) is 0 Å². The fourth-order valence-electron chi connectivity index (χ4n) is 3.12. The Bertz CT molecular complexity index is 373. The van der Waals surface area contributed by atoms with Crippen LogP contribution in [0.3, 0.4) is 0 Å². The topological polar surface area (TPSA) is 102 Å². The normalized spacial score (nSPS) is 29.4. The van der Waals surface area contributed by atoms with Crippen LogP contribution in [-0.2, 0) is 4.79 Å². The van der Waals surface area contributed by atoms with Gasteiger partial charge in [-0.05, 0) is 25.7 Å². The van der Waals surface area contributed by atoms with Gasteiger partial charge in [0.15, 0.2) is 0 Å². The Labute approximate surface area is 113 Å². The Morgan fingerprint density at radius 3 is 2.74 bits per heavy atom. The molecular weight excluding hydrogens is 244 g/mol. The molecule has 2 fully saturated rings. The molecule has 1 heterocycles. The van der Waals surface area contributed by atoms with Crippen molar-refractivity contribution in [2.45, 2.75) is 56.3 Å². The summed E-state index contributed by atoms with van der Waals surface area (Å²) in [4.78, 5) is 13.7. The summed E-state index contributed by atoms with van der Waals surface area (Å²) in [7, 11) is 0. The lowest BCUT2D eigenvalue weighted by Crippen LogP contribution is -2.53. The molecule has 1 saturated heterocycles. The minimum absolute atomic E-state index is 0.0496. The molecule has 0 bridgehead atoms. The Morgan fingerprint density at radius 1 is 1.47 bits per heavy atom. The number of nitrogens with zero attached hydrogens (tertiary/aromatic N) is 2. The van der Waals surface area contributed by atoms with Gasteiger partial charge in [-0.1, -0.05) is 12.8 Å². The van der Waals surface area contributed by atoms with Crippen molar-refractivity contribution < 1.29 is 9.90 Å². The molecule has 2 aliphatic rings. The van der Waals surface area contributed by atoms with Crippen LogP contribution in [0.5, 0.6) is 0 Å². The summed E-state index contributed by atoms with van der Waals surface area (Å²) in [5, 5.41) is 21.7. The monoisotopic (exact) mass is 266 g/mol. The lowest BCUT2D eigenvalue weighted by Gasteiger charge is -2.30. The first-order valence-electron chi connectivity index (χ1n) is 6.94. The number of nitrogens with two attached hydrogens (primary N) is 1. The van der Waals surface area contributed by atoms with E-state index in [0.29, 0.717) is 12.8 Å². The maximum Gasteiger partial charge on any atom is 0.238 e. The second-order valence-electron chi connectivity index (χ2n) is 5.59. The van der Waals surface area contributed by atoms with Crippen molar-refractivity contribution in [3.8, 4) is 6.07 Å². The molecule has 6 heteroatoms. The van der Waals surface area contributed by atoms with Gasteiger partial charge in [0.2, 0.25) is 5.91 Å². The van der Waals surface area contributed by atoms with Gasteiger partial charge in [-0.3, -0.25) is 4.79 Å². The number of nitriles is 1. The van der Waals surface area contributed by atoms with E-state index in [9.17, 15) is 9.90 Å². The summed E-state index contributed by atoms with van der Waals surface area (Å²) in [6, 6.07) is 1.72. The molecule has 0 aromatic rings. The van der Waals surface area contributed by atoms with E-state index in [0.717, 1.165) is 25.7 Å². The Kier molecular flexibility index (Phi) is 4.40. The number of aliphatic hydroxyl groups is 1. The summed E-state index contributed by atoms with van der Waals surface area (Å²) < 4.78 is 0. The van der Waals surface area contributed by atoms with Gasteiger partial charge in [0.05, 0.1) is 25.4 Å². The van der Waals surface area contributed by atoms with E-state index < -0.39 is 6.04 Å². The van der Waals surface area contributed by atoms with Crippen molar-refractivity contribution in [2.75, 3.05) is 13.2 Å². The molecule has 1 aliphatic heterocycles. The standard InChI is InChI=1S/C13H22N4O2/c14-7-10-3-4-11(15)17(10)12(19)8-16-13(9-18)5-1-2-6-13/h10-11,16,18H,1-6,8-9,15H2/t10?,11-/m1/s1. The third-order valence-electron chi connectivity index (χ3n) is 4.34. The number of hydrogen-bond acceptors (Lipinski definition) is 5. The first-order chi connectivity index (χ1) is 9.12. The van der Waals surface area contributed by atoms with Crippen molar-refractivity contribution in [2.24, 2.45) is 5.73 Å². The summed E-state index contributed by atoms with van der Waals surface area (Å²) >= 11 is 0. The molecule has 1 aliphatic carbocycles. The quantitative estimate of drug-likeness (QED) is 0.647. The number of carbonyl (C=O) groups excluding carboxylic acids is 1. The van der Waals surface area contributed by atoms with Crippen LogP contribution < -0.4 is 11.1 Å². The largest absolute Gasteiger partial charge is 0.394 e. The first-order valence-corrected chi connectivity index (χ1v) is 6.94. The lowest BCUT2D eigenvalue weighted by molar-refractivity contribution is -0.132. The highest BCUT2D eigenvalue weighted by molar-refractivity contribution is 5.79. The van der Waals surface area contributed by atoms with Gasteiger partial charge in [-0.15, -0.1) is 0 Å². The third-order valence-corrected chi connectivity index (χ3v) is 4.34. The zero-order valence-corrected chi connectivity index (χ0v) is 11.1. The summed E-state index contributed by atoms with van der Waals surface area (Å²) in [6.07, 6.45) is 4.91. The molecule has 6 nitrogen and oxygen atoms in total. The SMILES string of the molecule is N#CC1CC[C@H](N)N1C(=O)CNC1(CO)CCCC1. The highest BCUT2D eigenvalue weighted by atomic mass is 16.3.